The van der Waals surface area contributed by atoms with Crippen LogP contribution >= 0.6 is 11.3 Å². The first-order valence-electron chi connectivity index (χ1n) is 8.64. The topological polar surface area (TPSA) is 36.4 Å². The lowest BCUT2D eigenvalue weighted by atomic mass is 9.94. The molecule has 0 bridgehead atoms. The van der Waals surface area contributed by atoms with Gasteiger partial charge in [-0.05, 0) is 54.8 Å². The first-order chi connectivity index (χ1) is 11.8. The summed E-state index contributed by atoms with van der Waals surface area (Å²) in [5.74, 6) is 1.74. The zero-order chi connectivity index (χ0) is 16.4. The first kappa shape index (κ1) is 15.6. The zero-order valence-corrected chi connectivity index (χ0v) is 14.5. The molecular formula is C20H22N2OS. The molecule has 1 aliphatic rings. The molecule has 0 radical (unpaired) electrons. The second-order valence-corrected chi connectivity index (χ2v) is 7.58. The number of fused-ring (bicyclic) bond motifs is 1. The van der Waals surface area contributed by atoms with E-state index in [0.29, 0.717) is 12.5 Å². The molecule has 0 aliphatic carbocycles. The van der Waals surface area contributed by atoms with Crippen molar-refractivity contribution >= 4 is 27.2 Å². The summed E-state index contributed by atoms with van der Waals surface area (Å²) in [7, 11) is 0. The number of hydrogen-bond donors (Lipinski definition) is 1. The molecule has 24 heavy (non-hydrogen) atoms. The normalized spacial score (nSPS) is 16.0. The third-order valence-electron chi connectivity index (χ3n) is 4.93. The van der Waals surface area contributed by atoms with Crippen molar-refractivity contribution in [2.24, 2.45) is 5.92 Å². The molecule has 1 aliphatic heterocycles. The highest BCUT2D eigenvalue weighted by molar-refractivity contribution is 7.22. The lowest BCUT2D eigenvalue weighted by molar-refractivity contribution is 0.240. The zero-order valence-electron chi connectivity index (χ0n) is 13.7. The molecule has 2 aromatic heterocycles. The van der Waals surface area contributed by atoms with Crippen LogP contribution in [0.15, 0.2) is 48.7 Å². The average molecular weight is 338 g/mol. The molecule has 1 N–H and O–H groups in total. The van der Waals surface area contributed by atoms with Crippen LogP contribution in [-0.2, 0) is 0 Å². The molecule has 4 rings (SSSR count). The highest BCUT2D eigenvalue weighted by Crippen LogP contribution is 2.33. The van der Waals surface area contributed by atoms with E-state index >= 15 is 0 Å². The van der Waals surface area contributed by atoms with Crippen LogP contribution < -0.4 is 4.90 Å². The maximum atomic E-state index is 9.07. The van der Waals surface area contributed by atoms with Gasteiger partial charge in [0.05, 0.1) is 0 Å². The molecule has 3 nitrogen and oxygen atoms in total. The summed E-state index contributed by atoms with van der Waals surface area (Å²) in [5, 5.41) is 10.4. The van der Waals surface area contributed by atoms with Gasteiger partial charge in [-0.3, -0.25) is 0 Å². The second kappa shape index (κ2) is 6.91. The minimum atomic E-state index is 0.312. The fourth-order valence-corrected chi connectivity index (χ4v) is 4.53. The molecule has 0 spiro atoms. The molecule has 3 aromatic rings. The minimum Gasteiger partial charge on any atom is -0.396 e. The van der Waals surface area contributed by atoms with Crippen molar-refractivity contribution in [1.29, 1.82) is 0 Å². The van der Waals surface area contributed by atoms with E-state index in [1.807, 2.05) is 17.5 Å². The largest absolute Gasteiger partial charge is 0.396 e. The van der Waals surface area contributed by atoms with E-state index in [1.54, 1.807) is 0 Å². The van der Waals surface area contributed by atoms with Crippen molar-refractivity contribution < 1.29 is 5.11 Å². The van der Waals surface area contributed by atoms with Crippen molar-refractivity contribution in [2.75, 3.05) is 24.6 Å². The number of nitrogens with zero attached hydrogens (tertiary/aromatic N) is 2. The number of aromatic nitrogens is 1. The molecule has 0 atom stereocenters. The molecule has 1 saturated heterocycles. The van der Waals surface area contributed by atoms with Crippen LogP contribution in [0.5, 0.6) is 0 Å². The van der Waals surface area contributed by atoms with Crippen LogP contribution in [0.3, 0.4) is 0 Å². The van der Waals surface area contributed by atoms with Gasteiger partial charge in [0.25, 0.3) is 0 Å². The Morgan fingerprint density at radius 3 is 2.67 bits per heavy atom. The van der Waals surface area contributed by atoms with E-state index < -0.39 is 0 Å². The van der Waals surface area contributed by atoms with E-state index in [4.69, 9.17) is 10.1 Å². The predicted octanol–water partition coefficient (Wildman–Crippen LogP) is 4.56. The Balaban J connectivity index is 1.49. The first-order valence-corrected chi connectivity index (χ1v) is 9.46. The lowest BCUT2D eigenvalue weighted by Gasteiger charge is -2.32. The standard InChI is InChI=1S/C20H22N2OS/c23-12-9-15-7-10-22(11-8-15)20-6-5-17(14-21-20)19-13-16-3-1-2-4-18(16)24-19/h1-6,13-15,23H,7-12H2. The lowest BCUT2D eigenvalue weighted by Crippen LogP contribution is -2.34. The smallest absolute Gasteiger partial charge is 0.128 e. The third-order valence-corrected chi connectivity index (χ3v) is 6.10. The minimum absolute atomic E-state index is 0.312. The van der Waals surface area contributed by atoms with Crippen LogP contribution in [0, 0.1) is 5.92 Å². The van der Waals surface area contributed by atoms with Crippen LogP contribution in [0.2, 0.25) is 0 Å². The summed E-state index contributed by atoms with van der Waals surface area (Å²) in [5.41, 5.74) is 1.19. The van der Waals surface area contributed by atoms with Gasteiger partial charge in [-0.15, -0.1) is 11.3 Å². The molecule has 124 valence electrons. The number of hydrogen-bond acceptors (Lipinski definition) is 4. The van der Waals surface area contributed by atoms with Gasteiger partial charge in [0, 0.05) is 41.0 Å². The molecule has 0 unspecified atom stereocenters. The van der Waals surface area contributed by atoms with Crippen LogP contribution in [0.4, 0.5) is 5.82 Å². The predicted molar refractivity (Wildman–Crippen MR) is 102 cm³/mol. The van der Waals surface area contributed by atoms with E-state index in [1.165, 1.54) is 20.5 Å². The molecule has 0 amide bonds. The highest BCUT2D eigenvalue weighted by atomic mass is 32.1. The Bertz CT molecular complexity index is 771. The molecule has 1 aromatic carbocycles. The molecule has 0 saturated carbocycles. The number of pyridine rings is 1. The third kappa shape index (κ3) is 3.17. The quantitative estimate of drug-likeness (QED) is 0.757. The van der Waals surface area contributed by atoms with Gasteiger partial charge in [0.15, 0.2) is 0 Å². The van der Waals surface area contributed by atoms with Gasteiger partial charge in [-0.2, -0.15) is 0 Å². The van der Waals surface area contributed by atoms with Crippen molar-refractivity contribution in [2.45, 2.75) is 19.3 Å². The second-order valence-electron chi connectivity index (χ2n) is 6.50. The fourth-order valence-electron chi connectivity index (χ4n) is 3.48. The summed E-state index contributed by atoms with van der Waals surface area (Å²) in [6, 6.07) is 15.1. The Morgan fingerprint density at radius 1 is 1.12 bits per heavy atom. The fraction of sp³-hybridized carbons (Fsp3) is 0.350. The summed E-state index contributed by atoms with van der Waals surface area (Å²) < 4.78 is 1.32. The van der Waals surface area contributed by atoms with E-state index in [-0.39, 0.29) is 0 Å². The molecule has 3 heterocycles. The van der Waals surface area contributed by atoms with Crippen LogP contribution in [0.1, 0.15) is 19.3 Å². The summed E-state index contributed by atoms with van der Waals surface area (Å²) >= 11 is 1.82. The summed E-state index contributed by atoms with van der Waals surface area (Å²) in [4.78, 5) is 8.34. The number of benzene rings is 1. The van der Waals surface area contributed by atoms with Crippen molar-refractivity contribution in [3.05, 3.63) is 48.7 Å². The number of aliphatic hydroxyl groups is 1. The number of anilines is 1. The summed E-state index contributed by atoms with van der Waals surface area (Å²) in [6.45, 7) is 2.40. The van der Waals surface area contributed by atoms with Crippen molar-refractivity contribution in [1.82, 2.24) is 4.98 Å². The average Bonchev–Trinajstić information content (AvgIpc) is 3.07. The van der Waals surface area contributed by atoms with Crippen LogP contribution in [0.25, 0.3) is 20.5 Å². The van der Waals surface area contributed by atoms with Gasteiger partial charge in [-0.1, -0.05) is 18.2 Å². The van der Waals surface area contributed by atoms with Gasteiger partial charge in [0.1, 0.15) is 5.82 Å². The van der Waals surface area contributed by atoms with E-state index in [2.05, 4.69) is 47.4 Å². The van der Waals surface area contributed by atoms with Crippen molar-refractivity contribution in [3.63, 3.8) is 0 Å². The number of piperidine rings is 1. The molecule has 4 heteroatoms. The highest BCUT2D eigenvalue weighted by Gasteiger charge is 2.19. The van der Waals surface area contributed by atoms with Gasteiger partial charge in [0.2, 0.25) is 0 Å². The monoisotopic (exact) mass is 338 g/mol. The maximum absolute atomic E-state index is 9.07. The van der Waals surface area contributed by atoms with Gasteiger partial charge < -0.3 is 10.0 Å². The Labute approximate surface area is 146 Å². The van der Waals surface area contributed by atoms with Crippen molar-refractivity contribution in [3.8, 4) is 10.4 Å². The Hall–Kier alpha value is -1.91. The number of aliphatic hydroxyl groups excluding tert-OH is 1. The van der Waals surface area contributed by atoms with Gasteiger partial charge >= 0.3 is 0 Å². The number of thiophene rings is 1. The van der Waals surface area contributed by atoms with Crippen LogP contribution in [-0.4, -0.2) is 29.8 Å². The Kier molecular flexibility index (Phi) is 4.50. The van der Waals surface area contributed by atoms with E-state index in [0.717, 1.165) is 38.2 Å². The Morgan fingerprint density at radius 2 is 1.96 bits per heavy atom. The maximum Gasteiger partial charge on any atom is 0.128 e. The van der Waals surface area contributed by atoms with Gasteiger partial charge in [-0.25, -0.2) is 4.98 Å². The SMILES string of the molecule is OCCC1CCN(c2ccc(-c3cc4ccccc4s3)cn2)CC1. The molecule has 1 fully saturated rings. The summed E-state index contributed by atoms with van der Waals surface area (Å²) in [6.07, 6.45) is 5.24. The van der Waals surface area contributed by atoms with E-state index in [9.17, 15) is 0 Å². The number of rotatable bonds is 4. The molecular weight excluding hydrogens is 316 g/mol.